The van der Waals surface area contributed by atoms with Crippen LogP contribution in [0.25, 0.3) is 27.5 Å². The zero-order valence-electron chi connectivity index (χ0n) is 11.0. The summed E-state index contributed by atoms with van der Waals surface area (Å²) in [5, 5.41) is 2.41. The Balaban J connectivity index is 2.04. The van der Waals surface area contributed by atoms with E-state index in [0.717, 1.165) is 39.7 Å². The summed E-state index contributed by atoms with van der Waals surface area (Å²) in [6.45, 7) is 0. The maximum Gasteiger partial charge on any atom is 0.155 e. The van der Waals surface area contributed by atoms with Crippen molar-refractivity contribution < 1.29 is 9.47 Å². The number of fused-ring (bicyclic) bond motifs is 1. The Labute approximate surface area is 119 Å². The molecule has 0 N–H and O–H groups in total. The summed E-state index contributed by atoms with van der Waals surface area (Å²) in [4.78, 5) is 0. The van der Waals surface area contributed by atoms with Crippen LogP contribution in [-0.4, -0.2) is 4.57 Å². The van der Waals surface area contributed by atoms with Gasteiger partial charge in [-0.3, -0.25) is 4.57 Å². The number of benzene rings is 3. The molecule has 3 heterocycles. The lowest BCUT2D eigenvalue weighted by Crippen LogP contribution is -2.09. The minimum atomic E-state index is 0.847. The molecule has 0 saturated heterocycles. The van der Waals surface area contributed by atoms with E-state index in [1.807, 2.05) is 42.5 Å². The first-order chi connectivity index (χ1) is 10.4. The molecule has 0 bridgehead atoms. The molecule has 0 aliphatic carbocycles. The van der Waals surface area contributed by atoms with Crippen molar-refractivity contribution in [3.63, 3.8) is 0 Å². The fraction of sp³-hybridized carbons (Fsp3) is 0. The summed E-state index contributed by atoms with van der Waals surface area (Å²) in [6.07, 6.45) is 0. The lowest BCUT2D eigenvalue weighted by molar-refractivity contribution is 0.444. The Morgan fingerprint density at radius 2 is 1.05 bits per heavy atom. The van der Waals surface area contributed by atoms with Crippen molar-refractivity contribution >= 4 is 21.8 Å². The van der Waals surface area contributed by atoms with Crippen LogP contribution < -0.4 is 9.47 Å². The highest BCUT2D eigenvalue weighted by molar-refractivity contribution is 6.14. The van der Waals surface area contributed by atoms with Gasteiger partial charge in [0.2, 0.25) is 0 Å². The van der Waals surface area contributed by atoms with Crippen LogP contribution in [0.2, 0.25) is 0 Å². The van der Waals surface area contributed by atoms with Gasteiger partial charge in [-0.05, 0) is 24.3 Å². The number of hydrogen-bond acceptors (Lipinski definition) is 2. The summed E-state index contributed by atoms with van der Waals surface area (Å²) >= 11 is 0. The van der Waals surface area contributed by atoms with Crippen LogP contribution >= 0.6 is 0 Å². The minimum absolute atomic E-state index is 0.847. The van der Waals surface area contributed by atoms with Crippen molar-refractivity contribution in [1.29, 1.82) is 0 Å². The second-order valence-corrected chi connectivity index (χ2v) is 5.45. The molecule has 0 saturated carbocycles. The number of ether oxygens (including phenoxy) is 2. The fourth-order valence-corrected chi connectivity index (χ4v) is 3.56. The van der Waals surface area contributed by atoms with Gasteiger partial charge in [0.15, 0.2) is 23.0 Å². The van der Waals surface area contributed by atoms with Crippen LogP contribution in [-0.2, 0) is 0 Å². The summed E-state index contributed by atoms with van der Waals surface area (Å²) in [6, 6.07) is 18.4. The molecule has 0 spiro atoms. The maximum absolute atomic E-state index is 6.09. The fourth-order valence-electron chi connectivity index (χ4n) is 3.56. The molecule has 0 radical (unpaired) electrons. The average molecular weight is 271 g/mol. The highest BCUT2D eigenvalue weighted by Crippen LogP contribution is 2.53. The van der Waals surface area contributed by atoms with Crippen molar-refractivity contribution in [3.05, 3.63) is 54.6 Å². The average Bonchev–Trinajstić information content (AvgIpc) is 2.86. The molecule has 4 aromatic rings. The van der Waals surface area contributed by atoms with Gasteiger partial charge in [-0.25, -0.2) is 0 Å². The summed E-state index contributed by atoms with van der Waals surface area (Å²) in [7, 11) is 0. The molecule has 21 heavy (non-hydrogen) atoms. The van der Waals surface area contributed by atoms with Gasteiger partial charge in [0, 0.05) is 10.8 Å². The Bertz CT molecular complexity index is 1010. The predicted octanol–water partition coefficient (Wildman–Crippen LogP) is 5.00. The Morgan fingerprint density at radius 3 is 1.62 bits per heavy atom. The van der Waals surface area contributed by atoms with Crippen LogP contribution in [0.15, 0.2) is 54.6 Å². The van der Waals surface area contributed by atoms with Crippen molar-refractivity contribution in [3.8, 4) is 28.7 Å². The third-order valence-electron chi connectivity index (χ3n) is 4.36. The molecule has 1 aromatic heterocycles. The second kappa shape index (κ2) is 3.04. The first-order valence-corrected chi connectivity index (χ1v) is 6.97. The molecule has 0 atom stereocenters. The highest BCUT2D eigenvalue weighted by Gasteiger charge is 2.30. The molecule has 3 aromatic carbocycles. The van der Waals surface area contributed by atoms with Crippen molar-refractivity contribution in [2.45, 2.75) is 0 Å². The van der Waals surface area contributed by atoms with E-state index in [1.54, 1.807) is 0 Å². The molecule has 3 heteroatoms. The molecule has 6 rings (SSSR count). The van der Waals surface area contributed by atoms with Gasteiger partial charge in [-0.1, -0.05) is 30.3 Å². The quantitative estimate of drug-likeness (QED) is 0.388. The van der Waals surface area contributed by atoms with Crippen LogP contribution in [0.3, 0.4) is 0 Å². The summed E-state index contributed by atoms with van der Waals surface area (Å²) in [5.41, 5.74) is 3.27. The van der Waals surface area contributed by atoms with Crippen LogP contribution in [0.4, 0.5) is 0 Å². The van der Waals surface area contributed by atoms with E-state index in [1.165, 1.54) is 10.8 Å². The van der Waals surface area contributed by atoms with Gasteiger partial charge < -0.3 is 9.47 Å². The molecule has 2 aliphatic rings. The molecule has 0 amide bonds. The largest absolute Gasteiger partial charge is 0.453 e. The molecule has 98 valence electrons. The van der Waals surface area contributed by atoms with Crippen molar-refractivity contribution in [1.82, 2.24) is 4.57 Å². The van der Waals surface area contributed by atoms with Crippen molar-refractivity contribution in [2.75, 3.05) is 0 Å². The van der Waals surface area contributed by atoms with E-state index >= 15 is 0 Å². The van der Waals surface area contributed by atoms with E-state index in [4.69, 9.17) is 9.47 Å². The predicted molar refractivity (Wildman–Crippen MR) is 80.9 cm³/mol. The normalized spacial score (nSPS) is 13.5. The smallest absolute Gasteiger partial charge is 0.155 e. The van der Waals surface area contributed by atoms with E-state index in [0.29, 0.717) is 0 Å². The van der Waals surface area contributed by atoms with Gasteiger partial charge in [-0.15, -0.1) is 0 Å². The van der Waals surface area contributed by atoms with E-state index in [-0.39, 0.29) is 0 Å². The van der Waals surface area contributed by atoms with Crippen LogP contribution in [0, 0.1) is 0 Å². The molecule has 3 nitrogen and oxygen atoms in total. The molecular weight excluding hydrogens is 262 g/mol. The number of para-hydroxylation sites is 3. The Morgan fingerprint density at radius 1 is 0.571 bits per heavy atom. The highest BCUT2D eigenvalue weighted by atomic mass is 16.5. The Kier molecular flexibility index (Phi) is 1.43. The zero-order valence-corrected chi connectivity index (χ0v) is 11.0. The standard InChI is InChI=1S/C18H9NO2/c1-4-10-11-5-2-7-13-17(11)19-16(10)12(6-1)20-14-8-3-9-15(21-13)18(14)19/h1-9H. The zero-order chi connectivity index (χ0) is 13.6. The van der Waals surface area contributed by atoms with Gasteiger partial charge in [0.25, 0.3) is 0 Å². The van der Waals surface area contributed by atoms with Gasteiger partial charge in [0.1, 0.15) is 5.69 Å². The molecular formula is C18H9NO2. The van der Waals surface area contributed by atoms with Gasteiger partial charge in [-0.2, -0.15) is 0 Å². The van der Waals surface area contributed by atoms with Crippen LogP contribution in [0.1, 0.15) is 0 Å². The monoisotopic (exact) mass is 271 g/mol. The SMILES string of the molecule is c1cc2c3c(c1)Oc1cccc4c5cccc(c5n-3c14)O2. The van der Waals surface area contributed by atoms with Crippen molar-refractivity contribution in [2.24, 2.45) is 0 Å². The third-order valence-corrected chi connectivity index (χ3v) is 4.36. The third kappa shape index (κ3) is 0.973. The van der Waals surface area contributed by atoms with E-state index in [2.05, 4.69) is 16.7 Å². The molecule has 2 aliphatic heterocycles. The number of nitrogens with zero attached hydrogens (tertiary/aromatic N) is 1. The maximum atomic E-state index is 6.09. The van der Waals surface area contributed by atoms with E-state index < -0.39 is 0 Å². The lowest BCUT2D eigenvalue weighted by Gasteiger charge is -2.26. The minimum Gasteiger partial charge on any atom is -0.453 e. The number of aromatic nitrogens is 1. The molecule has 0 unspecified atom stereocenters. The van der Waals surface area contributed by atoms with Gasteiger partial charge >= 0.3 is 0 Å². The first kappa shape index (κ1) is 9.88. The van der Waals surface area contributed by atoms with Crippen LogP contribution in [0.5, 0.6) is 23.0 Å². The number of rotatable bonds is 0. The number of hydrogen-bond donors (Lipinski definition) is 0. The lowest BCUT2D eigenvalue weighted by atomic mass is 10.1. The second-order valence-electron chi connectivity index (χ2n) is 5.45. The van der Waals surface area contributed by atoms with E-state index in [9.17, 15) is 0 Å². The summed E-state index contributed by atoms with van der Waals surface area (Å²) in [5.74, 6) is 3.50. The topological polar surface area (TPSA) is 23.4 Å². The van der Waals surface area contributed by atoms with Gasteiger partial charge in [0.05, 0.1) is 11.0 Å². The first-order valence-electron chi connectivity index (χ1n) is 6.97. The summed E-state index contributed by atoms with van der Waals surface area (Å²) < 4.78 is 14.5. The Hall–Kier alpha value is -2.94. The molecule has 0 fully saturated rings.